The molecule has 0 spiro atoms. The predicted molar refractivity (Wildman–Crippen MR) is 59.4 cm³/mol. The quantitative estimate of drug-likeness (QED) is 0.799. The zero-order chi connectivity index (χ0) is 11.5. The summed E-state index contributed by atoms with van der Waals surface area (Å²) in [5.74, 6) is 0.902. The average Bonchev–Trinajstić information content (AvgIpc) is 2.64. The Morgan fingerprint density at radius 3 is 2.67 bits per heavy atom. The molecule has 0 aromatic carbocycles. The van der Waals surface area contributed by atoms with Gasteiger partial charge in [-0.05, 0) is 36.2 Å². The summed E-state index contributed by atoms with van der Waals surface area (Å²) in [4.78, 5) is 0. The molecule has 1 rings (SSSR count). The van der Waals surface area contributed by atoms with Crippen LogP contribution >= 0.6 is 0 Å². The van der Waals surface area contributed by atoms with Crippen LogP contribution in [-0.4, -0.2) is 27.3 Å². The summed E-state index contributed by atoms with van der Waals surface area (Å²) < 4.78 is 1.89. The van der Waals surface area contributed by atoms with E-state index in [4.69, 9.17) is 0 Å². The Kier molecular flexibility index (Phi) is 3.79. The number of tetrazole rings is 1. The molecule has 1 atom stereocenters. The van der Waals surface area contributed by atoms with Crippen molar-refractivity contribution in [1.82, 2.24) is 25.5 Å². The molecule has 0 aliphatic heterocycles. The van der Waals surface area contributed by atoms with Crippen molar-refractivity contribution in [2.45, 2.75) is 46.7 Å². The molecular formula is C10H21N5. The molecule has 1 N–H and O–H groups in total. The molecule has 0 saturated heterocycles. The van der Waals surface area contributed by atoms with Gasteiger partial charge in [0.15, 0.2) is 5.82 Å². The van der Waals surface area contributed by atoms with Gasteiger partial charge in [-0.2, -0.15) is 0 Å². The highest BCUT2D eigenvalue weighted by Gasteiger charge is 2.20. The van der Waals surface area contributed by atoms with Gasteiger partial charge in [0, 0.05) is 6.54 Å². The number of hydrogen-bond acceptors (Lipinski definition) is 4. The van der Waals surface area contributed by atoms with Crippen LogP contribution in [0.15, 0.2) is 0 Å². The Labute approximate surface area is 91.2 Å². The Morgan fingerprint density at radius 1 is 1.47 bits per heavy atom. The number of nitrogens with one attached hydrogen (secondary N) is 1. The van der Waals surface area contributed by atoms with Crippen molar-refractivity contribution in [2.75, 3.05) is 7.05 Å². The van der Waals surface area contributed by atoms with E-state index in [1.54, 1.807) is 0 Å². The van der Waals surface area contributed by atoms with Crippen LogP contribution in [0.1, 0.15) is 46.0 Å². The van der Waals surface area contributed by atoms with E-state index in [0.717, 1.165) is 18.8 Å². The van der Waals surface area contributed by atoms with Crippen LogP contribution in [0.25, 0.3) is 0 Å². The Hall–Kier alpha value is -0.970. The molecule has 1 aromatic heterocycles. The number of nitrogens with zero attached hydrogens (tertiary/aromatic N) is 4. The van der Waals surface area contributed by atoms with Crippen LogP contribution in [-0.2, 0) is 6.54 Å². The van der Waals surface area contributed by atoms with Crippen molar-refractivity contribution in [3.8, 4) is 0 Å². The Balaban J connectivity index is 2.82. The van der Waals surface area contributed by atoms with E-state index >= 15 is 0 Å². The van der Waals surface area contributed by atoms with Gasteiger partial charge >= 0.3 is 0 Å². The molecule has 1 unspecified atom stereocenters. The summed E-state index contributed by atoms with van der Waals surface area (Å²) in [7, 11) is 1.91. The van der Waals surface area contributed by atoms with Gasteiger partial charge in [-0.25, -0.2) is 4.68 Å². The first-order valence-corrected chi connectivity index (χ1v) is 5.43. The van der Waals surface area contributed by atoms with Gasteiger partial charge in [0.1, 0.15) is 0 Å². The fourth-order valence-electron chi connectivity index (χ4n) is 1.28. The minimum Gasteiger partial charge on any atom is -0.311 e. The summed E-state index contributed by atoms with van der Waals surface area (Å²) in [5, 5.41) is 15.0. The standard InChI is InChI=1S/C10H21N5/c1-6-10(3,4)7-15-9(8(2)11-5)12-13-14-15/h8,11H,6-7H2,1-5H3. The highest BCUT2D eigenvalue weighted by Crippen LogP contribution is 2.22. The molecule has 86 valence electrons. The Bertz CT molecular complexity index is 305. The molecular weight excluding hydrogens is 190 g/mol. The normalized spacial score (nSPS) is 14.2. The van der Waals surface area contributed by atoms with Crippen LogP contribution in [0.4, 0.5) is 0 Å². The monoisotopic (exact) mass is 211 g/mol. The Morgan fingerprint density at radius 2 is 2.13 bits per heavy atom. The van der Waals surface area contributed by atoms with Crippen LogP contribution in [0, 0.1) is 5.41 Å². The van der Waals surface area contributed by atoms with Crippen molar-refractivity contribution in [1.29, 1.82) is 0 Å². The van der Waals surface area contributed by atoms with Crippen LogP contribution in [0.3, 0.4) is 0 Å². The van der Waals surface area contributed by atoms with Gasteiger partial charge in [0.2, 0.25) is 0 Å². The van der Waals surface area contributed by atoms with E-state index in [9.17, 15) is 0 Å². The first-order chi connectivity index (χ1) is 7.00. The van der Waals surface area contributed by atoms with Crippen LogP contribution in [0.2, 0.25) is 0 Å². The van der Waals surface area contributed by atoms with Gasteiger partial charge < -0.3 is 5.32 Å². The highest BCUT2D eigenvalue weighted by molar-refractivity contribution is 4.89. The van der Waals surface area contributed by atoms with Crippen molar-refractivity contribution >= 4 is 0 Å². The summed E-state index contributed by atoms with van der Waals surface area (Å²) in [6.45, 7) is 9.55. The van der Waals surface area contributed by atoms with E-state index in [0.29, 0.717) is 0 Å². The first kappa shape index (κ1) is 12.1. The molecule has 1 aromatic rings. The molecule has 5 heteroatoms. The third-order valence-corrected chi connectivity index (χ3v) is 2.91. The van der Waals surface area contributed by atoms with Gasteiger partial charge in [-0.3, -0.25) is 0 Å². The van der Waals surface area contributed by atoms with Crippen molar-refractivity contribution < 1.29 is 0 Å². The third kappa shape index (κ3) is 2.99. The first-order valence-electron chi connectivity index (χ1n) is 5.43. The zero-order valence-corrected chi connectivity index (χ0v) is 10.3. The van der Waals surface area contributed by atoms with Gasteiger partial charge in [0.25, 0.3) is 0 Å². The summed E-state index contributed by atoms with van der Waals surface area (Å²) in [6.07, 6.45) is 1.11. The van der Waals surface area contributed by atoms with E-state index in [2.05, 4.69) is 48.5 Å². The van der Waals surface area contributed by atoms with E-state index < -0.39 is 0 Å². The summed E-state index contributed by atoms with van der Waals surface area (Å²) in [6, 6.07) is 0.188. The molecule has 0 fully saturated rings. The molecule has 0 radical (unpaired) electrons. The van der Waals surface area contributed by atoms with Crippen molar-refractivity contribution in [3.63, 3.8) is 0 Å². The number of hydrogen-bond donors (Lipinski definition) is 1. The third-order valence-electron chi connectivity index (χ3n) is 2.91. The minimum absolute atomic E-state index is 0.188. The summed E-state index contributed by atoms with van der Waals surface area (Å²) >= 11 is 0. The number of rotatable bonds is 5. The van der Waals surface area contributed by atoms with Gasteiger partial charge in [-0.1, -0.05) is 20.8 Å². The molecule has 15 heavy (non-hydrogen) atoms. The largest absolute Gasteiger partial charge is 0.311 e. The SMILES string of the molecule is CCC(C)(C)Cn1nnnc1C(C)NC. The van der Waals surface area contributed by atoms with E-state index in [1.165, 1.54) is 0 Å². The highest BCUT2D eigenvalue weighted by atomic mass is 15.5. The molecule has 1 heterocycles. The second-order valence-electron chi connectivity index (χ2n) is 4.72. The lowest BCUT2D eigenvalue weighted by Crippen LogP contribution is -2.24. The second kappa shape index (κ2) is 4.70. The topological polar surface area (TPSA) is 55.6 Å². The smallest absolute Gasteiger partial charge is 0.167 e. The lowest BCUT2D eigenvalue weighted by molar-refractivity contribution is 0.269. The van der Waals surface area contributed by atoms with E-state index in [1.807, 2.05) is 11.7 Å². The molecule has 0 bridgehead atoms. The fourth-order valence-corrected chi connectivity index (χ4v) is 1.28. The van der Waals surface area contributed by atoms with Crippen molar-refractivity contribution in [2.24, 2.45) is 5.41 Å². The van der Waals surface area contributed by atoms with Gasteiger partial charge in [-0.15, -0.1) is 5.10 Å². The predicted octanol–water partition coefficient (Wildman–Crippen LogP) is 1.39. The molecule has 0 saturated carbocycles. The number of aromatic nitrogens is 4. The zero-order valence-electron chi connectivity index (χ0n) is 10.3. The molecule has 0 amide bonds. The molecule has 0 aliphatic carbocycles. The maximum atomic E-state index is 4.04. The minimum atomic E-state index is 0.188. The molecule has 5 nitrogen and oxygen atoms in total. The summed E-state index contributed by atoms with van der Waals surface area (Å²) in [5.41, 5.74) is 0.234. The lowest BCUT2D eigenvalue weighted by atomic mass is 9.90. The maximum absolute atomic E-state index is 4.04. The molecule has 0 aliphatic rings. The second-order valence-corrected chi connectivity index (χ2v) is 4.72. The van der Waals surface area contributed by atoms with E-state index in [-0.39, 0.29) is 11.5 Å². The van der Waals surface area contributed by atoms with Gasteiger partial charge in [0.05, 0.1) is 6.04 Å². The lowest BCUT2D eigenvalue weighted by Gasteiger charge is -2.23. The van der Waals surface area contributed by atoms with Crippen molar-refractivity contribution in [3.05, 3.63) is 5.82 Å². The fraction of sp³-hybridized carbons (Fsp3) is 0.900. The van der Waals surface area contributed by atoms with Crippen LogP contribution in [0.5, 0.6) is 0 Å². The van der Waals surface area contributed by atoms with Crippen LogP contribution < -0.4 is 5.32 Å². The average molecular weight is 211 g/mol. The maximum Gasteiger partial charge on any atom is 0.167 e.